The van der Waals surface area contributed by atoms with Crippen molar-refractivity contribution in [3.8, 4) is 17.0 Å². The number of carbonyl (C=O) groups excluding carboxylic acids is 1. The van der Waals surface area contributed by atoms with Gasteiger partial charge in [-0.1, -0.05) is 11.6 Å². The van der Waals surface area contributed by atoms with Crippen LogP contribution in [0.4, 0.5) is 10.5 Å². The fourth-order valence-corrected chi connectivity index (χ4v) is 5.52. The average Bonchev–Trinajstić information content (AvgIpc) is 3.42. The van der Waals surface area contributed by atoms with Crippen LogP contribution in [0, 0.1) is 5.92 Å². The molecule has 0 bridgehead atoms. The summed E-state index contributed by atoms with van der Waals surface area (Å²) >= 11 is 0. The van der Waals surface area contributed by atoms with Crippen molar-refractivity contribution in [2.24, 2.45) is 5.92 Å². The summed E-state index contributed by atoms with van der Waals surface area (Å²) < 4.78 is 18.3. The lowest BCUT2D eigenvalue weighted by Crippen LogP contribution is -2.53. The fraction of sp³-hybridized carbons (Fsp3) is 0.548. The number of ether oxygens (including phenoxy) is 2. The molecule has 220 valence electrons. The number of amides is 1. The first-order chi connectivity index (χ1) is 19.6. The van der Waals surface area contributed by atoms with Gasteiger partial charge in [0.15, 0.2) is 5.76 Å². The molecule has 41 heavy (non-hydrogen) atoms. The van der Waals surface area contributed by atoms with Gasteiger partial charge in [0.2, 0.25) is 0 Å². The molecule has 3 aromatic heterocycles. The van der Waals surface area contributed by atoms with Gasteiger partial charge in [-0.2, -0.15) is 0 Å². The first-order valence-electron chi connectivity index (χ1n) is 14.5. The predicted molar refractivity (Wildman–Crippen MR) is 156 cm³/mol. The van der Waals surface area contributed by atoms with Crippen LogP contribution in [0.2, 0.25) is 0 Å². The maximum Gasteiger partial charge on any atom is 0.410 e. The summed E-state index contributed by atoms with van der Waals surface area (Å²) in [4.78, 5) is 34.9. The van der Waals surface area contributed by atoms with E-state index in [2.05, 4.69) is 15.0 Å². The summed E-state index contributed by atoms with van der Waals surface area (Å²) in [5.41, 5.74) is 1.58. The first kappa shape index (κ1) is 28.7. The van der Waals surface area contributed by atoms with Gasteiger partial charge in [-0.05, 0) is 71.4 Å². The van der Waals surface area contributed by atoms with Crippen LogP contribution in [-0.4, -0.2) is 64.1 Å². The molecule has 1 aliphatic carbocycles. The Balaban J connectivity index is 1.30. The second-order valence-electron chi connectivity index (χ2n) is 12.2. The zero-order valence-electron chi connectivity index (χ0n) is 24.7. The molecular weight excluding hydrogens is 522 g/mol. The molecule has 1 unspecified atom stereocenters. The molecule has 0 aromatic carbocycles. The summed E-state index contributed by atoms with van der Waals surface area (Å²) in [6.45, 7) is 9.87. The zero-order chi connectivity index (χ0) is 29.1. The van der Waals surface area contributed by atoms with Gasteiger partial charge in [-0.15, -0.1) is 0 Å². The molecule has 3 aromatic rings. The van der Waals surface area contributed by atoms with Crippen molar-refractivity contribution in [3.05, 3.63) is 59.0 Å². The minimum absolute atomic E-state index is 0.0410. The minimum atomic E-state index is -0.542. The maximum absolute atomic E-state index is 13.3. The monoisotopic (exact) mass is 563 g/mol. The Morgan fingerprint density at radius 2 is 1.98 bits per heavy atom. The minimum Gasteiger partial charge on any atom is -0.495 e. The molecule has 0 radical (unpaired) electrons. The van der Waals surface area contributed by atoms with Gasteiger partial charge in [0.25, 0.3) is 5.56 Å². The Kier molecular flexibility index (Phi) is 8.37. The van der Waals surface area contributed by atoms with Gasteiger partial charge in [0.1, 0.15) is 17.0 Å². The van der Waals surface area contributed by atoms with Crippen molar-refractivity contribution in [1.82, 2.24) is 19.6 Å². The molecule has 2 aliphatic rings. The van der Waals surface area contributed by atoms with E-state index in [1.165, 1.54) is 6.42 Å². The second-order valence-corrected chi connectivity index (χ2v) is 12.2. The first-order valence-corrected chi connectivity index (χ1v) is 14.5. The van der Waals surface area contributed by atoms with Crippen molar-refractivity contribution in [3.63, 3.8) is 0 Å². The van der Waals surface area contributed by atoms with E-state index in [4.69, 9.17) is 14.0 Å². The highest BCUT2D eigenvalue weighted by Gasteiger charge is 2.34. The normalized spacial score (nSPS) is 18.5. The molecule has 1 aliphatic heterocycles. The van der Waals surface area contributed by atoms with Gasteiger partial charge in [-0.3, -0.25) is 9.78 Å². The molecule has 0 N–H and O–H groups in total. The summed E-state index contributed by atoms with van der Waals surface area (Å²) in [5, 5.41) is 4.18. The highest BCUT2D eigenvalue weighted by molar-refractivity contribution is 5.69. The lowest BCUT2D eigenvalue weighted by atomic mass is 9.84. The third-order valence-corrected chi connectivity index (χ3v) is 8.04. The Morgan fingerprint density at radius 3 is 2.66 bits per heavy atom. The topological polar surface area (TPSA) is 103 Å². The maximum atomic E-state index is 13.3. The predicted octanol–water partition coefficient (Wildman–Crippen LogP) is 5.52. The molecular formula is C31H41N5O5. The van der Waals surface area contributed by atoms with Crippen LogP contribution < -0.4 is 15.2 Å². The highest BCUT2D eigenvalue weighted by atomic mass is 16.6. The number of nitrogens with zero attached hydrogens (tertiary/aromatic N) is 5. The molecule has 5 rings (SSSR count). The largest absolute Gasteiger partial charge is 0.495 e. The van der Waals surface area contributed by atoms with Crippen LogP contribution in [0.5, 0.6) is 5.75 Å². The lowest BCUT2D eigenvalue weighted by molar-refractivity contribution is 0.00736. The molecule has 0 spiro atoms. The van der Waals surface area contributed by atoms with Crippen LogP contribution in [-0.2, 0) is 4.74 Å². The second kappa shape index (κ2) is 12.0. The quantitative estimate of drug-likeness (QED) is 0.353. The van der Waals surface area contributed by atoms with Gasteiger partial charge < -0.3 is 28.4 Å². The van der Waals surface area contributed by atoms with Crippen LogP contribution >= 0.6 is 0 Å². The third kappa shape index (κ3) is 6.74. The van der Waals surface area contributed by atoms with Crippen molar-refractivity contribution in [2.45, 2.75) is 77.5 Å². The van der Waals surface area contributed by atoms with E-state index in [0.29, 0.717) is 29.7 Å². The molecule has 1 amide bonds. The van der Waals surface area contributed by atoms with E-state index >= 15 is 0 Å². The summed E-state index contributed by atoms with van der Waals surface area (Å²) in [6.07, 6.45) is 10.3. The number of carbonyl (C=O) groups is 1. The van der Waals surface area contributed by atoms with Crippen LogP contribution in [0.3, 0.4) is 0 Å². The van der Waals surface area contributed by atoms with Crippen LogP contribution in [0.25, 0.3) is 11.3 Å². The molecule has 2 fully saturated rings. The SMILES string of the molecule is COc1cncc(-c2cc(C(C)n3ccc(N4CCC[C@@H](N(CC5CCC5)C(=O)OC(C)(C)C)C4)cc3=O)on2)c1. The Bertz CT molecular complexity index is 1410. The molecule has 1 saturated heterocycles. The molecule has 10 heteroatoms. The zero-order valence-corrected chi connectivity index (χ0v) is 24.7. The Morgan fingerprint density at radius 1 is 1.17 bits per heavy atom. The number of methoxy groups -OCH3 is 1. The number of aromatic nitrogens is 3. The molecule has 4 heterocycles. The van der Waals surface area contributed by atoms with Gasteiger partial charge in [-0.25, -0.2) is 4.79 Å². The average molecular weight is 564 g/mol. The number of piperidine rings is 1. The number of hydrogen-bond acceptors (Lipinski definition) is 8. The number of anilines is 1. The van der Waals surface area contributed by atoms with Crippen molar-refractivity contribution in [2.75, 3.05) is 31.6 Å². The number of pyridine rings is 2. The summed E-state index contributed by atoms with van der Waals surface area (Å²) in [5.74, 6) is 1.74. The van der Waals surface area contributed by atoms with E-state index in [1.54, 1.807) is 36.3 Å². The molecule has 10 nitrogen and oxygen atoms in total. The van der Waals surface area contributed by atoms with Crippen LogP contribution in [0.1, 0.15) is 71.6 Å². The smallest absolute Gasteiger partial charge is 0.410 e. The third-order valence-electron chi connectivity index (χ3n) is 8.04. The number of hydrogen-bond donors (Lipinski definition) is 0. The molecule has 1 saturated carbocycles. The fourth-order valence-electron chi connectivity index (χ4n) is 5.52. The van der Waals surface area contributed by atoms with E-state index in [-0.39, 0.29) is 23.7 Å². The van der Waals surface area contributed by atoms with E-state index < -0.39 is 5.60 Å². The lowest BCUT2D eigenvalue weighted by Gasteiger charge is -2.43. The van der Waals surface area contributed by atoms with Crippen molar-refractivity contribution in [1.29, 1.82) is 0 Å². The van der Waals surface area contributed by atoms with E-state index in [0.717, 1.165) is 50.0 Å². The standard InChI is InChI=1S/C31H41N5O5/c1-21(28-16-27(33-41-28)23-14-26(39-5)18-32-17-23)35-13-11-24(15-29(35)37)34-12-7-10-25(20-34)36(19-22-8-6-9-22)30(38)40-31(2,3)4/h11,13-18,21-22,25H,6-10,12,19-20H2,1-5H3/t21?,25-/m1/s1. The van der Waals surface area contributed by atoms with Gasteiger partial charge in [0, 0.05) is 55.4 Å². The summed E-state index contributed by atoms with van der Waals surface area (Å²) in [7, 11) is 1.59. The van der Waals surface area contributed by atoms with Crippen molar-refractivity contribution < 1.29 is 18.8 Å². The summed E-state index contributed by atoms with van der Waals surface area (Å²) in [6, 6.07) is 6.99. The molecule has 2 atom stereocenters. The van der Waals surface area contributed by atoms with E-state index in [9.17, 15) is 9.59 Å². The Labute approximate surface area is 241 Å². The van der Waals surface area contributed by atoms with Crippen molar-refractivity contribution >= 4 is 11.8 Å². The highest BCUT2D eigenvalue weighted by Crippen LogP contribution is 2.31. The number of rotatable bonds is 8. The van der Waals surface area contributed by atoms with Gasteiger partial charge in [0.05, 0.1) is 25.4 Å². The van der Waals surface area contributed by atoms with Crippen LogP contribution in [0.15, 0.2) is 52.2 Å². The van der Waals surface area contributed by atoms with E-state index in [1.807, 2.05) is 50.8 Å². The van der Waals surface area contributed by atoms with Gasteiger partial charge >= 0.3 is 6.09 Å². The Hall–Kier alpha value is -3.82.